The molecule has 0 fully saturated rings. The number of nitrogens with one attached hydrogen (secondary N) is 1. The summed E-state index contributed by atoms with van der Waals surface area (Å²) >= 11 is 0. The lowest BCUT2D eigenvalue weighted by Crippen LogP contribution is -2.54. The first kappa shape index (κ1) is 29.8. The van der Waals surface area contributed by atoms with Crippen LogP contribution < -0.4 is 9.62 Å². The Kier molecular flexibility index (Phi) is 9.17. The summed E-state index contributed by atoms with van der Waals surface area (Å²) in [6.07, 6.45) is 0. The van der Waals surface area contributed by atoms with E-state index in [4.69, 9.17) is 0 Å². The lowest BCUT2D eigenvalue weighted by Gasteiger charge is -2.33. The van der Waals surface area contributed by atoms with E-state index >= 15 is 0 Å². The third-order valence-electron chi connectivity index (χ3n) is 6.04. The largest absolute Gasteiger partial charge is 0.350 e. The van der Waals surface area contributed by atoms with Crippen molar-refractivity contribution in [1.82, 2.24) is 10.2 Å². The number of hydrogen-bond donors (Lipinski definition) is 1. The molecule has 0 radical (unpaired) electrons. The van der Waals surface area contributed by atoms with Crippen molar-refractivity contribution >= 4 is 27.5 Å². The van der Waals surface area contributed by atoms with Crippen LogP contribution in [0.5, 0.6) is 0 Å². The molecule has 0 spiro atoms. The summed E-state index contributed by atoms with van der Waals surface area (Å²) in [4.78, 5) is 28.4. The van der Waals surface area contributed by atoms with E-state index in [9.17, 15) is 22.4 Å². The Hall–Kier alpha value is -3.72. The molecule has 3 rings (SSSR count). The first-order chi connectivity index (χ1) is 18.2. The van der Waals surface area contributed by atoms with E-state index in [2.05, 4.69) is 5.32 Å². The Bertz CT molecular complexity index is 1400. The van der Waals surface area contributed by atoms with Crippen molar-refractivity contribution in [3.05, 3.63) is 95.3 Å². The Morgan fingerprint density at radius 2 is 1.49 bits per heavy atom. The van der Waals surface area contributed by atoms with Gasteiger partial charge >= 0.3 is 0 Å². The first-order valence-electron chi connectivity index (χ1n) is 12.7. The molecule has 0 bridgehead atoms. The second-order valence-electron chi connectivity index (χ2n) is 10.7. The fourth-order valence-electron chi connectivity index (χ4n) is 4.19. The zero-order valence-corrected chi connectivity index (χ0v) is 24.0. The third-order valence-corrected chi connectivity index (χ3v) is 7.82. The average Bonchev–Trinajstić information content (AvgIpc) is 2.85. The number of rotatable bonds is 9. The van der Waals surface area contributed by atoms with Gasteiger partial charge in [-0.2, -0.15) is 0 Å². The predicted octanol–water partition coefficient (Wildman–Crippen LogP) is 4.97. The normalized spacial score (nSPS) is 12.5. The van der Waals surface area contributed by atoms with Gasteiger partial charge in [-0.1, -0.05) is 36.4 Å². The molecule has 9 heteroatoms. The number of halogens is 1. The van der Waals surface area contributed by atoms with Crippen LogP contribution in [0.3, 0.4) is 0 Å². The molecule has 0 aromatic heterocycles. The summed E-state index contributed by atoms with van der Waals surface area (Å²) in [5.74, 6) is -1.39. The van der Waals surface area contributed by atoms with Crippen molar-refractivity contribution in [3.8, 4) is 0 Å². The van der Waals surface area contributed by atoms with Crippen LogP contribution in [-0.4, -0.2) is 43.3 Å². The van der Waals surface area contributed by atoms with Crippen LogP contribution in [0, 0.1) is 19.7 Å². The lowest BCUT2D eigenvalue weighted by molar-refractivity contribution is -0.140. The molecule has 39 heavy (non-hydrogen) atoms. The number of sulfonamides is 1. The summed E-state index contributed by atoms with van der Waals surface area (Å²) in [7, 11) is -4.13. The molecule has 2 amide bonds. The lowest BCUT2D eigenvalue weighted by atomic mass is 10.1. The van der Waals surface area contributed by atoms with Crippen LogP contribution in [0.25, 0.3) is 0 Å². The van der Waals surface area contributed by atoms with E-state index in [1.807, 2.05) is 40.7 Å². The van der Waals surface area contributed by atoms with E-state index in [-0.39, 0.29) is 17.3 Å². The van der Waals surface area contributed by atoms with Crippen LogP contribution in [0.2, 0.25) is 0 Å². The summed E-state index contributed by atoms with van der Waals surface area (Å²) in [5, 5.41) is 2.88. The van der Waals surface area contributed by atoms with Gasteiger partial charge < -0.3 is 10.2 Å². The average molecular weight is 554 g/mol. The Morgan fingerprint density at radius 1 is 0.923 bits per heavy atom. The maximum atomic E-state index is 13.9. The summed E-state index contributed by atoms with van der Waals surface area (Å²) in [6.45, 7) is 10.2. The van der Waals surface area contributed by atoms with E-state index in [1.54, 1.807) is 37.3 Å². The summed E-state index contributed by atoms with van der Waals surface area (Å²) in [6, 6.07) is 17.9. The zero-order valence-electron chi connectivity index (χ0n) is 23.2. The number of nitrogens with zero attached hydrogens (tertiary/aromatic N) is 2. The molecule has 7 nitrogen and oxygen atoms in total. The highest BCUT2D eigenvalue weighted by molar-refractivity contribution is 7.92. The number of anilines is 1. The highest BCUT2D eigenvalue weighted by Crippen LogP contribution is 2.26. The molecule has 208 valence electrons. The number of benzene rings is 3. The molecule has 0 aliphatic rings. The van der Waals surface area contributed by atoms with Gasteiger partial charge in [-0.15, -0.1) is 0 Å². The van der Waals surface area contributed by atoms with Crippen molar-refractivity contribution in [2.45, 2.75) is 64.6 Å². The molecule has 0 saturated carbocycles. The number of aryl methyl sites for hydroxylation is 2. The van der Waals surface area contributed by atoms with Crippen molar-refractivity contribution < 1.29 is 22.4 Å². The summed E-state index contributed by atoms with van der Waals surface area (Å²) in [5.41, 5.74) is 2.08. The van der Waals surface area contributed by atoms with Gasteiger partial charge in [-0.25, -0.2) is 12.8 Å². The van der Waals surface area contributed by atoms with Gasteiger partial charge in [0, 0.05) is 12.1 Å². The van der Waals surface area contributed by atoms with Gasteiger partial charge in [0.2, 0.25) is 11.8 Å². The van der Waals surface area contributed by atoms with Gasteiger partial charge in [0.15, 0.2) is 0 Å². The van der Waals surface area contributed by atoms with Crippen LogP contribution in [-0.2, 0) is 26.2 Å². The van der Waals surface area contributed by atoms with Crippen molar-refractivity contribution in [2.75, 3.05) is 10.8 Å². The minimum atomic E-state index is -4.13. The van der Waals surface area contributed by atoms with E-state index < -0.39 is 39.9 Å². The zero-order chi connectivity index (χ0) is 29.0. The van der Waals surface area contributed by atoms with Gasteiger partial charge in [0.25, 0.3) is 10.0 Å². The Balaban J connectivity index is 2.05. The number of amides is 2. The monoisotopic (exact) mass is 553 g/mol. The molecular weight excluding hydrogens is 517 g/mol. The molecule has 0 heterocycles. The minimum Gasteiger partial charge on any atom is -0.350 e. The first-order valence-corrected chi connectivity index (χ1v) is 14.1. The van der Waals surface area contributed by atoms with E-state index in [1.165, 1.54) is 41.3 Å². The number of carbonyl (C=O) groups excluding carboxylic acids is 2. The highest BCUT2D eigenvalue weighted by atomic mass is 32.2. The molecule has 0 saturated heterocycles. The van der Waals surface area contributed by atoms with E-state index in [0.717, 1.165) is 15.4 Å². The highest BCUT2D eigenvalue weighted by Gasteiger charge is 2.33. The van der Waals surface area contributed by atoms with Crippen molar-refractivity contribution in [2.24, 2.45) is 0 Å². The van der Waals surface area contributed by atoms with Crippen LogP contribution in [0.4, 0.5) is 10.1 Å². The number of carbonyl (C=O) groups is 2. The van der Waals surface area contributed by atoms with Gasteiger partial charge in [-0.3, -0.25) is 13.9 Å². The topological polar surface area (TPSA) is 86.8 Å². The van der Waals surface area contributed by atoms with Crippen LogP contribution >= 0.6 is 0 Å². The second-order valence-corrected chi connectivity index (χ2v) is 12.6. The molecule has 1 atom stereocenters. The third kappa shape index (κ3) is 7.89. The van der Waals surface area contributed by atoms with Gasteiger partial charge in [-0.05, 0) is 94.6 Å². The Morgan fingerprint density at radius 3 is 2.03 bits per heavy atom. The maximum absolute atomic E-state index is 13.9. The minimum absolute atomic E-state index is 0.0100. The fraction of sp³-hybridized carbons (Fsp3) is 0.333. The SMILES string of the molecule is Cc1cc(C)cc(N(CC(=O)N(Cc2ccc(F)cc2)[C@H](C)C(=O)NC(C)(C)C)S(=O)(=O)c2ccccc2)c1. The molecular formula is C30H36FN3O4S. The van der Waals surface area contributed by atoms with Crippen molar-refractivity contribution in [3.63, 3.8) is 0 Å². The van der Waals surface area contributed by atoms with Gasteiger partial charge in [0.05, 0.1) is 10.6 Å². The maximum Gasteiger partial charge on any atom is 0.264 e. The quantitative estimate of drug-likeness (QED) is 0.405. The molecule has 3 aromatic rings. The molecule has 3 aromatic carbocycles. The van der Waals surface area contributed by atoms with Crippen LogP contribution in [0.15, 0.2) is 77.7 Å². The Labute approximate surface area is 230 Å². The predicted molar refractivity (Wildman–Crippen MR) is 151 cm³/mol. The smallest absolute Gasteiger partial charge is 0.264 e. The standard InChI is InChI=1S/C30H36FN3O4S/c1-21-16-22(2)18-26(17-21)34(39(37,38)27-10-8-7-9-11-27)20-28(35)33(19-24-12-14-25(31)15-13-24)23(3)29(36)32-30(4,5)6/h7-18,23H,19-20H2,1-6H3,(H,32,36)/t23-/m1/s1. The second kappa shape index (κ2) is 12.0. The van der Waals surface area contributed by atoms with Gasteiger partial charge in [0.1, 0.15) is 18.4 Å². The molecule has 0 aliphatic carbocycles. The molecule has 1 N–H and O–H groups in total. The fourth-order valence-corrected chi connectivity index (χ4v) is 5.61. The number of hydrogen-bond acceptors (Lipinski definition) is 4. The molecule has 0 unspecified atom stereocenters. The van der Waals surface area contributed by atoms with Crippen LogP contribution in [0.1, 0.15) is 44.4 Å². The van der Waals surface area contributed by atoms with E-state index in [0.29, 0.717) is 11.3 Å². The molecule has 0 aliphatic heterocycles. The van der Waals surface area contributed by atoms with Crippen molar-refractivity contribution in [1.29, 1.82) is 0 Å². The summed E-state index contributed by atoms with van der Waals surface area (Å²) < 4.78 is 42.3.